The topological polar surface area (TPSA) is 55.8 Å². The Kier molecular flexibility index (Phi) is 13.0. The molecule has 0 aliphatic carbocycles. The average Bonchev–Trinajstić information content (AvgIpc) is 3.22. The van der Waals surface area contributed by atoms with Gasteiger partial charge >= 0.3 is 11.9 Å². The number of ether oxygens (including phenoxy) is 2. The first kappa shape index (κ1) is 41.7. The van der Waals surface area contributed by atoms with Crippen LogP contribution in [0.1, 0.15) is 123 Å². The van der Waals surface area contributed by atoms with Crippen LogP contribution in [0.3, 0.4) is 0 Å². The highest BCUT2D eigenvalue weighted by Gasteiger charge is 2.23. The highest BCUT2D eigenvalue weighted by molar-refractivity contribution is 5.92. The van der Waals surface area contributed by atoms with Crippen LogP contribution in [0.25, 0.3) is 11.1 Å². The number of hydrogen-bond acceptors (Lipinski definition) is 5. The third-order valence-corrected chi connectivity index (χ3v) is 10.9. The van der Waals surface area contributed by atoms with Crippen LogP contribution in [0.15, 0.2) is 146 Å². The number of hydrogen-bond donors (Lipinski definition) is 0. The fourth-order valence-corrected chi connectivity index (χ4v) is 7.75. The largest absolute Gasteiger partial charge is 0.462 e. The molecule has 0 spiro atoms. The fourth-order valence-electron chi connectivity index (χ4n) is 7.75. The number of carbonyl (C=O) groups is 2. The molecule has 6 aromatic rings. The van der Waals surface area contributed by atoms with Crippen LogP contribution in [-0.4, -0.2) is 25.2 Å². The minimum atomic E-state index is -0.337. The zero-order valence-electron chi connectivity index (χ0n) is 35.3. The normalized spacial score (nSPS) is 12.1. The fraction of sp³-hybridized carbons (Fsp3) is 0.283. The summed E-state index contributed by atoms with van der Waals surface area (Å²) in [5.41, 5.74) is 12.1. The summed E-state index contributed by atoms with van der Waals surface area (Å²) < 4.78 is 10.7. The zero-order valence-corrected chi connectivity index (χ0v) is 35.3. The molecule has 6 aromatic carbocycles. The molecule has 0 heterocycles. The standard InChI is InChI=1S/C53H57NO4/c1-9-34-53(7,8)45-28-32-47(33-29-45)54(48-17-13-16-43(36-48)51(56)58-11-3)46-30-24-38(25-31-46)37-18-20-39(21-19-37)49(40-22-26-44(27-23-40)52(4,5)6)41-14-12-15-42(35-41)50(55)57-10-2/h12-33,35-36,49H,9-11,34H2,1-8H3. The van der Waals surface area contributed by atoms with Crippen molar-refractivity contribution >= 4 is 29.0 Å². The van der Waals surface area contributed by atoms with E-state index in [0.29, 0.717) is 24.3 Å². The van der Waals surface area contributed by atoms with Crippen molar-refractivity contribution in [3.05, 3.63) is 185 Å². The number of anilines is 3. The summed E-state index contributed by atoms with van der Waals surface area (Å²) in [6.07, 6.45) is 2.22. The van der Waals surface area contributed by atoms with E-state index in [1.807, 2.05) is 50.2 Å². The molecule has 6 rings (SSSR count). The molecule has 5 nitrogen and oxygen atoms in total. The van der Waals surface area contributed by atoms with E-state index < -0.39 is 0 Å². The van der Waals surface area contributed by atoms with Crippen molar-refractivity contribution in [3.8, 4) is 11.1 Å². The van der Waals surface area contributed by atoms with Crippen LogP contribution in [0, 0.1) is 0 Å². The third kappa shape index (κ3) is 9.59. The van der Waals surface area contributed by atoms with Crippen LogP contribution >= 0.6 is 0 Å². The Morgan fingerprint density at radius 2 is 0.983 bits per heavy atom. The maximum atomic E-state index is 12.8. The van der Waals surface area contributed by atoms with Gasteiger partial charge in [-0.15, -0.1) is 0 Å². The molecule has 298 valence electrons. The predicted octanol–water partition coefficient (Wildman–Crippen LogP) is 13.7. The van der Waals surface area contributed by atoms with E-state index in [1.54, 1.807) is 6.07 Å². The van der Waals surface area contributed by atoms with Gasteiger partial charge in [0.1, 0.15) is 0 Å². The van der Waals surface area contributed by atoms with Gasteiger partial charge < -0.3 is 14.4 Å². The van der Waals surface area contributed by atoms with Gasteiger partial charge in [-0.2, -0.15) is 0 Å². The molecule has 58 heavy (non-hydrogen) atoms. The SMILES string of the molecule is CCCC(C)(C)c1ccc(N(c2ccc(-c3ccc(C(c4ccc(C(C)(C)C)cc4)c4cccc(C(=O)OCC)c4)cc3)cc2)c2cccc(C(=O)OCC)c2)cc1. The molecule has 0 aliphatic heterocycles. The Balaban J connectivity index is 1.35. The van der Waals surface area contributed by atoms with Gasteiger partial charge in [0, 0.05) is 23.0 Å². The number of nitrogens with zero attached hydrogens (tertiary/aromatic N) is 1. The molecule has 0 saturated carbocycles. The summed E-state index contributed by atoms with van der Waals surface area (Å²) in [5, 5.41) is 0. The van der Waals surface area contributed by atoms with Gasteiger partial charge in [-0.05, 0) is 125 Å². The summed E-state index contributed by atoms with van der Waals surface area (Å²) in [5.74, 6) is -0.739. The lowest BCUT2D eigenvalue weighted by molar-refractivity contribution is 0.0516. The number of rotatable bonds is 14. The van der Waals surface area contributed by atoms with Crippen LogP contribution < -0.4 is 4.90 Å². The van der Waals surface area contributed by atoms with Crippen LogP contribution in [0.5, 0.6) is 0 Å². The van der Waals surface area contributed by atoms with Crippen molar-refractivity contribution in [2.24, 2.45) is 0 Å². The van der Waals surface area contributed by atoms with Gasteiger partial charge in [-0.1, -0.05) is 139 Å². The van der Waals surface area contributed by atoms with Crippen molar-refractivity contribution in [2.75, 3.05) is 18.1 Å². The van der Waals surface area contributed by atoms with E-state index in [2.05, 4.69) is 150 Å². The first-order valence-corrected chi connectivity index (χ1v) is 20.6. The molecule has 5 heteroatoms. The molecule has 0 N–H and O–H groups in total. The monoisotopic (exact) mass is 771 g/mol. The van der Waals surface area contributed by atoms with Crippen LogP contribution in [0.2, 0.25) is 0 Å². The number of esters is 2. The molecular weight excluding hydrogens is 715 g/mol. The Hall–Kier alpha value is -5.94. The zero-order chi connectivity index (χ0) is 41.5. The van der Waals surface area contributed by atoms with Crippen molar-refractivity contribution < 1.29 is 19.1 Å². The lowest BCUT2D eigenvalue weighted by Gasteiger charge is -2.28. The molecule has 1 unspecified atom stereocenters. The van der Waals surface area contributed by atoms with Gasteiger partial charge in [0.15, 0.2) is 0 Å². The molecule has 0 aliphatic rings. The summed E-state index contributed by atoms with van der Waals surface area (Å²) >= 11 is 0. The highest BCUT2D eigenvalue weighted by atomic mass is 16.5. The average molecular weight is 772 g/mol. The third-order valence-electron chi connectivity index (χ3n) is 10.9. The Morgan fingerprint density at radius 3 is 1.50 bits per heavy atom. The second-order valence-electron chi connectivity index (χ2n) is 16.6. The minimum absolute atomic E-state index is 0.0365. The van der Waals surface area contributed by atoms with Crippen molar-refractivity contribution in [3.63, 3.8) is 0 Å². The summed E-state index contributed by atoms with van der Waals surface area (Å²) in [6.45, 7) is 17.8. The Bertz CT molecular complexity index is 2300. The smallest absolute Gasteiger partial charge is 0.338 e. The summed E-state index contributed by atoms with van der Waals surface area (Å²) in [6, 6.07) is 50.4. The lowest BCUT2D eigenvalue weighted by atomic mass is 9.81. The van der Waals surface area contributed by atoms with Gasteiger partial charge in [-0.3, -0.25) is 0 Å². The second-order valence-corrected chi connectivity index (χ2v) is 16.6. The highest BCUT2D eigenvalue weighted by Crippen LogP contribution is 2.39. The summed E-state index contributed by atoms with van der Waals surface area (Å²) in [4.78, 5) is 27.8. The van der Waals surface area contributed by atoms with Crippen molar-refractivity contribution in [2.45, 2.75) is 85.0 Å². The van der Waals surface area contributed by atoms with Gasteiger partial charge in [-0.25, -0.2) is 9.59 Å². The van der Waals surface area contributed by atoms with E-state index in [9.17, 15) is 9.59 Å². The molecule has 0 aromatic heterocycles. The Labute approximate surface area is 345 Å². The van der Waals surface area contributed by atoms with E-state index in [-0.39, 0.29) is 28.7 Å². The first-order valence-electron chi connectivity index (χ1n) is 20.6. The van der Waals surface area contributed by atoms with Gasteiger partial charge in [0.25, 0.3) is 0 Å². The first-order chi connectivity index (χ1) is 27.8. The van der Waals surface area contributed by atoms with E-state index >= 15 is 0 Å². The van der Waals surface area contributed by atoms with E-state index in [4.69, 9.17) is 9.47 Å². The van der Waals surface area contributed by atoms with E-state index in [0.717, 1.165) is 57.7 Å². The summed E-state index contributed by atoms with van der Waals surface area (Å²) in [7, 11) is 0. The Morgan fingerprint density at radius 1 is 0.517 bits per heavy atom. The minimum Gasteiger partial charge on any atom is -0.462 e. The molecule has 1 atom stereocenters. The molecule has 0 saturated heterocycles. The predicted molar refractivity (Wildman–Crippen MR) is 239 cm³/mol. The molecule has 0 amide bonds. The molecular formula is C53H57NO4. The van der Waals surface area contributed by atoms with Crippen molar-refractivity contribution in [1.29, 1.82) is 0 Å². The van der Waals surface area contributed by atoms with Crippen LogP contribution in [-0.2, 0) is 20.3 Å². The second kappa shape index (κ2) is 18.1. The van der Waals surface area contributed by atoms with Gasteiger partial charge in [0.05, 0.1) is 24.3 Å². The quantitative estimate of drug-likeness (QED) is 0.0815. The van der Waals surface area contributed by atoms with E-state index in [1.165, 1.54) is 11.1 Å². The maximum Gasteiger partial charge on any atom is 0.338 e. The van der Waals surface area contributed by atoms with Gasteiger partial charge in [0.2, 0.25) is 0 Å². The molecule has 0 fully saturated rings. The van der Waals surface area contributed by atoms with Crippen molar-refractivity contribution in [1.82, 2.24) is 0 Å². The lowest BCUT2D eigenvalue weighted by Crippen LogP contribution is -2.17. The molecule has 0 bridgehead atoms. The van der Waals surface area contributed by atoms with Crippen LogP contribution in [0.4, 0.5) is 17.1 Å². The number of carbonyl (C=O) groups excluding carboxylic acids is 2. The molecule has 0 radical (unpaired) electrons. The maximum absolute atomic E-state index is 12.8. The number of benzene rings is 6.